The molecule has 0 unspecified atom stereocenters. The molecule has 0 atom stereocenters. The van der Waals surface area contributed by atoms with Gasteiger partial charge in [0, 0.05) is 34.4 Å². The summed E-state index contributed by atoms with van der Waals surface area (Å²) in [5, 5.41) is 10.5. The zero-order valence-electron chi connectivity index (χ0n) is 15.9. The molecule has 0 radical (unpaired) electrons. The maximum atomic E-state index is 14.0. The summed E-state index contributed by atoms with van der Waals surface area (Å²) in [6.45, 7) is -0.296. The van der Waals surface area contributed by atoms with Gasteiger partial charge in [0.1, 0.15) is 17.3 Å². The number of thioether (sulfide) groups is 1. The molecule has 1 fully saturated rings. The average molecular weight is 493 g/mol. The summed E-state index contributed by atoms with van der Waals surface area (Å²) < 4.78 is 19.7. The molecular weight excluding hydrogens is 482 g/mol. The van der Waals surface area contributed by atoms with Gasteiger partial charge in [-0.05, 0) is 42.1 Å². The van der Waals surface area contributed by atoms with Crippen molar-refractivity contribution >= 4 is 57.9 Å². The van der Waals surface area contributed by atoms with E-state index < -0.39 is 21.9 Å². The lowest BCUT2D eigenvalue weighted by molar-refractivity contribution is -0.384. The third kappa shape index (κ3) is 4.27. The molecule has 7 nitrogen and oxygen atoms in total. The van der Waals surface area contributed by atoms with Gasteiger partial charge in [-0.1, -0.05) is 29.3 Å². The van der Waals surface area contributed by atoms with Crippen LogP contribution in [0.15, 0.2) is 57.9 Å². The second-order valence-corrected chi connectivity index (χ2v) is 8.40. The highest BCUT2D eigenvalue weighted by Gasteiger charge is 2.36. The lowest BCUT2D eigenvalue weighted by Crippen LogP contribution is -2.28. The average Bonchev–Trinajstić information content (AvgIpc) is 3.30. The van der Waals surface area contributed by atoms with Crippen LogP contribution < -0.4 is 0 Å². The Kier molecular flexibility index (Phi) is 6.05. The van der Waals surface area contributed by atoms with Crippen molar-refractivity contribution in [1.29, 1.82) is 0 Å². The van der Waals surface area contributed by atoms with Crippen LogP contribution >= 0.6 is 35.0 Å². The van der Waals surface area contributed by atoms with E-state index in [1.54, 1.807) is 12.1 Å². The molecule has 0 aliphatic carbocycles. The van der Waals surface area contributed by atoms with E-state index in [1.165, 1.54) is 42.5 Å². The number of carbonyl (C=O) groups is 2. The number of nitro groups is 1. The number of halogens is 3. The number of rotatable bonds is 5. The van der Waals surface area contributed by atoms with Crippen molar-refractivity contribution in [1.82, 2.24) is 4.90 Å². The van der Waals surface area contributed by atoms with Crippen molar-refractivity contribution in [2.24, 2.45) is 0 Å². The van der Waals surface area contributed by atoms with Gasteiger partial charge >= 0.3 is 0 Å². The number of hydrogen-bond acceptors (Lipinski definition) is 6. The van der Waals surface area contributed by atoms with Gasteiger partial charge in [0.25, 0.3) is 16.8 Å². The second-order valence-electron chi connectivity index (χ2n) is 6.59. The number of nitrogens with zero attached hydrogens (tertiary/aromatic N) is 2. The summed E-state index contributed by atoms with van der Waals surface area (Å²) in [5.41, 5.74) is 0.319. The summed E-state index contributed by atoms with van der Waals surface area (Å²) in [6, 6.07) is 11.2. The molecule has 3 aromatic rings. The molecule has 2 aromatic carbocycles. The normalized spacial score (nSPS) is 15.1. The van der Waals surface area contributed by atoms with Crippen molar-refractivity contribution in [2.75, 3.05) is 0 Å². The van der Waals surface area contributed by atoms with Crippen LogP contribution in [0.1, 0.15) is 11.3 Å². The van der Waals surface area contributed by atoms with Gasteiger partial charge in [-0.15, -0.1) is 0 Å². The zero-order chi connectivity index (χ0) is 23.0. The Hall–Kier alpha value is -3.14. The van der Waals surface area contributed by atoms with Gasteiger partial charge in [0.05, 0.1) is 21.4 Å². The molecule has 0 saturated carbocycles. The lowest BCUT2D eigenvalue weighted by Gasteiger charge is -2.14. The van der Waals surface area contributed by atoms with Crippen LogP contribution in [0.3, 0.4) is 0 Å². The predicted molar refractivity (Wildman–Crippen MR) is 119 cm³/mol. The smallest absolute Gasteiger partial charge is 0.293 e. The molecule has 1 aromatic heterocycles. The van der Waals surface area contributed by atoms with Gasteiger partial charge in [0.2, 0.25) is 0 Å². The Morgan fingerprint density at radius 3 is 2.59 bits per heavy atom. The number of non-ortho nitro benzene ring substituents is 1. The van der Waals surface area contributed by atoms with E-state index in [9.17, 15) is 24.1 Å². The number of amides is 2. The fraction of sp³-hybridized carbons (Fsp3) is 0.0476. The first-order chi connectivity index (χ1) is 15.2. The maximum Gasteiger partial charge on any atom is 0.293 e. The summed E-state index contributed by atoms with van der Waals surface area (Å²) in [7, 11) is 0. The van der Waals surface area contributed by atoms with Gasteiger partial charge in [-0.2, -0.15) is 0 Å². The van der Waals surface area contributed by atoms with E-state index in [0.717, 1.165) is 4.90 Å². The molecule has 1 saturated heterocycles. The minimum absolute atomic E-state index is 0.0471. The fourth-order valence-electron chi connectivity index (χ4n) is 3.00. The highest BCUT2D eigenvalue weighted by molar-refractivity contribution is 8.18. The maximum absolute atomic E-state index is 14.0. The van der Waals surface area contributed by atoms with E-state index in [2.05, 4.69) is 0 Å². The zero-order valence-corrected chi connectivity index (χ0v) is 18.2. The fourth-order valence-corrected chi connectivity index (χ4v) is 4.31. The largest absolute Gasteiger partial charge is 0.457 e. The number of nitro benzene ring substituents is 1. The standard InChI is InChI=1S/C21H11Cl2FN2O5S/c22-15-2-1-3-17(24)14(15)10-25-20(27)19(32-21(25)28)9-12-5-7-18(31-12)13-6-4-11(26(29)30)8-16(13)23/h1-9H,10H2/b19-9-. The van der Waals surface area contributed by atoms with Crippen molar-refractivity contribution < 1.29 is 23.3 Å². The Balaban J connectivity index is 1.57. The molecule has 162 valence electrons. The van der Waals surface area contributed by atoms with Crippen LogP contribution in [0.4, 0.5) is 14.9 Å². The van der Waals surface area contributed by atoms with Gasteiger partial charge < -0.3 is 4.42 Å². The van der Waals surface area contributed by atoms with Crippen molar-refractivity contribution in [3.8, 4) is 11.3 Å². The molecule has 1 aliphatic rings. The number of hydrogen-bond donors (Lipinski definition) is 0. The Labute approximate surface area is 194 Å². The topological polar surface area (TPSA) is 93.7 Å². The summed E-state index contributed by atoms with van der Waals surface area (Å²) >= 11 is 12.8. The first-order valence-electron chi connectivity index (χ1n) is 8.97. The molecule has 2 heterocycles. The first kappa shape index (κ1) is 22.1. The number of benzene rings is 2. The van der Waals surface area contributed by atoms with Crippen LogP contribution in [0.5, 0.6) is 0 Å². The highest BCUT2D eigenvalue weighted by atomic mass is 35.5. The van der Waals surface area contributed by atoms with E-state index in [-0.39, 0.29) is 38.5 Å². The predicted octanol–water partition coefficient (Wildman–Crippen LogP) is 6.54. The van der Waals surface area contributed by atoms with Crippen molar-refractivity contribution in [3.05, 3.63) is 90.7 Å². The number of imide groups is 1. The van der Waals surface area contributed by atoms with Gasteiger partial charge in [-0.3, -0.25) is 24.6 Å². The second kappa shape index (κ2) is 8.78. The Morgan fingerprint density at radius 2 is 1.91 bits per heavy atom. The molecule has 0 bridgehead atoms. The number of furan rings is 1. The lowest BCUT2D eigenvalue weighted by atomic mass is 10.1. The minimum atomic E-state index is -0.615. The van der Waals surface area contributed by atoms with E-state index in [4.69, 9.17) is 27.6 Å². The van der Waals surface area contributed by atoms with Crippen LogP contribution in [0.2, 0.25) is 10.0 Å². The molecule has 1 aliphatic heterocycles. The van der Waals surface area contributed by atoms with Crippen molar-refractivity contribution in [3.63, 3.8) is 0 Å². The molecule has 0 N–H and O–H groups in total. The van der Waals surface area contributed by atoms with E-state index in [0.29, 0.717) is 23.1 Å². The monoisotopic (exact) mass is 492 g/mol. The minimum Gasteiger partial charge on any atom is -0.457 e. The quantitative estimate of drug-likeness (QED) is 0.228. The van der Waals surface area contributed by atoms with Crippen molar-refractivity contribution in [2.45, 2.75) is 6.54 Å². The van der Waals surface area contributed by atoms with Crippen LogP contribution in [-0.2, 0) is 11.3 Å². The molecule has 0 spiro atoms. The Bertz CT molecular complexity index is 1290. The van der Waals surface area contributed by atoms with Crippen LogP contribution in [0.25, 0.3) is 17.4 Å². The van der Waals surface area contributed by atoms with E-state index >= 15 is 0 Å². The Morgan fingerprint density at radius 1 is 1.12 bits per heavy atom. The van der Waals surface area contributed by atoms with Gasteiger partial charge in [0.15, 0.2) is 0 Å². The highest BCUT2D eigenvalue weighted by Crippen LogP contribution is 2.36. The number of carbonyl (C=O) groups excluding carboxylic acids is 2. The summed E-state index contributed by atoms with van der Waals surface area (Å²) in [6.07, 6.45) is 1.39. The third-order valence-electron chi connectivity index (χ3n) is 4.58. The van der Waals surface area contributed by atoms with Crippen LogP contribution in [-0.4, -0.2) is 21.0 Å². The SMILES string of the molecule is O=C1S/C(=C\c2ccc(-c3ccc([N+](=O)[O-])cc3Cl)o2)C(=O)N1Cc1c(F)cccc1Cl. The third-order valence-corrected chi connectivity index (χ3v) is 6.15. The van der Waals surface area contributed by atoms with Gasteiger partial charge in [-0.25, -0.2) is 4.39 Å². The molecule has 4 rings (SSSR count). The first-order valence-corrected chi connectivity index (χ1v) is 10.5. The van der Waals surface area contributed by atoms with E-state index in [1.807, 2.05) is 0 Å². The summed E-state index contributed by atoms with van der Waals surface area (Å²) in [5.74, 6) is -0.626. The molecule has 11 heteroatoms. The van der Waals surface area contributed by atoms with Crippen LogP contribution in [0, 0.1) is 15.9 Å². The molecule has 2 amide bonds. The molecular formula is C21H11Cl2FN2O5S. The summed E-state index contributed by atoms with van der Waals surface area (Å²) in [4.78, 5) is 36.3. The molecule has 32 heavy (non-hydrogen) atoms.